The summed E-state index contributed by atoms with van der Waals surface area (Å²) in [6.45, 7) is 2.76. The van der Waals surface area contributed by atoms with E-state index in [9.17, 15) is 39.9 Å². The van der Waals surface area contributed by atoms with Crippen LogP contribution in [-0.2, 0) is 14.2 Å². The Morgan fingerprint density at radius 2 is 1.70 bits per heavy atom. The van der Waals surface area contributed by atoms with Gasteiger partial charge in [-0.05, 0) is 26.0 Å². The highest BCUT2D eigenvalue weighted by molar-refractivity contribution is 6.31. The molecule has 1 heterocycles. The zero-order valence-electron chi connectivity index (χ0n) is 20.2. The fraction of sp³-hybridized carbons (Fsp3) is 0.423. The lowest BCUT2D eigenvalue weighted by molar-refractivity contribution is -0.312. The number of phenolic OH excluding ortho intramolecular Hbond substituents is 2. The van der Waals surface area contributed by atoms with E-state index in [2.05, 4.69) is 0 Å². The van der Waals surface area contributed by atoms with E-state index in [-0.39, 0.29) is 34.2 Å². The average molecular weight is 514 g/mol. The molecule has 196 valence electrons. The lowest BCUT2D eigenvalue weighted by Gasteiger charge is -2.43. The summed E-state index contributed by atoms with van der Waals surface area (Å²) < 4.78 is 17.0. The van der Waals surface area contributed by atoms with Crippen molar-refractivity contribution in [1.82, 2.24) is 0 Å². The molecular weight excluding hydrogens is 488 g/mol. The van der Waals surface area contributed by atoms with Crippen LogP contribution < -0.4 is 0 Å². The van der Waals surface area contributed by atoms with Crippen molar-refractivity contribution < 1.29 is 54.1 Å². The van der Waals surface area contributed by atoms with Crippen LogP contribution in [0.25, 0.3) is 0 Å². The third-order valence-electron chi connectivity index (χ3n) is 7.32. The summed E-state index contributed by atoms with van der Waals surface area (Å²) in [5.41, 5.74) is -3.36. The maximum Gasteiger partial charge on any atom is 0.201 e. The number of methoxy groups -OCH3 is 1. The summed E-state index contributed by atoms with van der Waals surface area (Å²) >= 11 is 0. The summed E-state index contributed by atoms with van der Waals surface area (Å²) in [7, 11) is 1.27. The van der Waals surface area contributed by atoms with Gasteiger partial charge in [0.15, 0.2) is 17.9 Å². The molecule has 5 N–H and O–H groups in total. The van der Waals surface area contributed by atoms with Gasteiger partial charge in [-0.25, -0.2) is 0 Å². The minimum atomic E-state index is -1.97. The molecule has 11 heteroatoms. The molecule has 37 heavy (non-hydrogen) atoms. The number of carbonyl (C=O) groups excluding carboxylic acids is 3. The fourth-order valence-electron chi connectivity index (χ4n) is 5.33. The van der Waals surface area contributed by atoms with E-state index in [1.165, 1.54) is 39.2 Å². The lowest BCUT2D eigenvalue weighted by Crippen LogP contribution is -2.58. The second kappa shape index (κ2) is 8.69. The van der Waals surface area contributed by atoms with Crippen LogP contribution in [-0.4, -0.2) is 86.3 Å². The minimum Gasteiger partial charge on any atom is -0.507 e. The molecule has 2 aliphatic carbocycles. The van der Waals surface area contributed by atoms with Gasteiger partial charge in [-0.3, -0.25) is 14.4 Å². The average Bonchev–Trinajstić information content (AvgIpc) is 2.83. The molecule has 0 radical (unpaired) electrons. The van der Waals surface area contributed by atoms with Gasteiger partial charge in [-0.15, -0.1) is 0 Å². The number of aliphatic hydroxyl groups excluding tert-OH is 2. The number of aliphatic hydroxyl groups is 3. The summed E-state index contributed by atoms with van der Waals surface area (Å²) in [5.74, 6) is -3.44. The number of rotatable bonds is 3. The van der Waals surface area contributed by atoms with E-state index in [0.29, 0.717) is 0 Å². The highest BCUT2D eigenvalue weighted by atomic mass is 16.7. The predicted molar refractivity (Wildman–Crippen MR) is 124 cm³/mol. The molecule has 0 amide bonds. The van der Waals surface area contributed by atoms with Crippen molar-refractivity contribution in [3.63, 3.8) is 0 Å². The third kappa shape index (κ3) is 3.69. The second-order valence-electron chi connectivity index (χ2n) is 9.79. The van der Waals surface area contributed by atoms with E-state index in [1.807, 2.05) is 0 Å². The maximum atomic E-state index is 13.4. The van der Waals surface area contributed by atoms with Gasteiger partial charge in [0.05, 0.1) is 23.3 Å². The molecule has 2 aromatic carbocycles. The number of hydrogen-bond acceptors (Lipinski definition) is 11. The quantitative estimate of drug-likeness (QED) is 0.333. The van der Waals surface area contributed by atoms with Crippen LogP contribution in [0.3, 0.4) is 0 Å². The Labute approximate surface area is 210 Å². The van der Waals surface area contributed by atoms with Crippen LogP contribution in [0.4, 0.5) is 0 Å². The van der Waals surface area contributed by atoms with Crippen molar-refractivity contribution in [2.75, 3.05) is 7.11 Å². The number of fused-ring (bicyclic) bond motifs is 3. The number of Topliss-reactive ketones (excluding diaryl/α,β-unsaturated/α-hetero) is 1. The molecule has 5 rings (SSSR count). The Morgan fingerprint density at radius 3 is 2.38 bits per heavy atom. The first-order valence-corrected chi connectivity index (χ1v) is 11.7. The van der Waals surface area contributed by atoms with Gasteiger partial charge in [-0.1, -0.05) is 12.1 Å². The standard InChI is InChI=1S/C26H26O11/c1-9-18(28)22(32)23(35-3)25(36-9)37-14-8-26(2,34)24(33)12-7-11-17(21(31)16(12)14)20(30)15-10(19(11)29)5-4-6-13(15)27/h4-7,9,14,18,22-23,25,27-28,31-32,34H,8H2,1-3H3/t9-,14-,18-,22+,23+,25-,26-/m0/s1. The third-order valence-corrected chi connectivity index (χ3v) is 7.32. The maximum absolute atomic E-state index is 13.4. The predicted octanol–water partition coefficient (Wildman–Crippen LogP) is 0.750. The van der Waals surface area contributed by atoms with Gasteiger partial charge in [0, 0.05) is 35.8 Å². The second-order valence-corrected chi connectivity index (χ2v) is 9.79. The first-order valence-electron chi connectivity index (χ1n) is 11.7. The molecule has 0 bridgehead atoms. The number of hydrogen-bond donors (Lipinski definition) is 5. The highest BCUT2D eigenvalue weighted by Crippen LogP contribution is 2.48. The minimum absolute atomic E-state index is 0.0836. The Balaban J connectivity index is 1.65. The topological polar surface area (TPSA) is 180 Å². The van der Waals surface area contributed by atoms with Gasteiger partial charge in [0.1, 0.15) is 35.4 Å². The molecule has 1 fully saturated rings. The Hall–Kier alpha value is -3.19. The normalized spacial score (nSPS) is 33.1. The van der Waals surface area contributed by atoms with Crippen LogP contribution in [0.5, 0.6) is 11.5 Å². The van der Waals surface area contributed by atoms with Crippen LogP contribution in [0.15, 0.2) is 24.3 Å². The summed E-state index contributed by atoms with van der Waals surface area (Å²) in [6.07, 6.45) is -7.60. The number of benzene rings is 2. The fourth-order valence-corrected chi connectivity index (χ4v) is 5.33. The largest absolute Gasteiger partial charge is 0.507 e. The summed E-state index contributed by atoms with van der Waals surface area (Å²) in [5, 5.41) is 53.1. The number of phenols is 2. The Bertz CT molecular complexity index is 1330. The number of ketones is 3. The SMILES string of the molecule is CO[C@H]1[C@H](O[C@H]2C[C@](C)(O)C(=O)c3cc4c(c(O)c32)C(=O)c2c(O)cccc2C4=O)O[C@@H](C)[C@H](O)[C@H]1O. The van der Waals surface area contributed by atoms with Crippen LogP contribution in [0.2, 0.25) is 0 Å². The molecule has 7 atom stereocenters. The first kappa shape index (κ1) is 25.5. The van der Waals surface area contributed by atoms with Crippen LogP contribution >= 0.6 is 0 Å². The lowest BCUT2D eigenvalue weighted by atomic mass is 9.73. The van der Waals surface area contributed by atoms with Crippen LogP contribution in [0, 0.1) is 0 Å². The molecule has 1 aliphatic heterocycles. The first-order chi connectivity index (χ1) is 17.4. The Morgan fingerprint density at radius 1 is 1.00 bits per heavy atom. The van der Waals surface area contributed by atoms with E-state index >= 15 is 0 Å². The molecule has 11 nitrogen and oxygen atoms in total. The van der Waals surface area contributed by atoms with Crippen molar-refractivity contribution in [1.29, 1.82) is 0 Å². The van der Waals surface area contributed by atoms with Gasteiger partial charge < -0.3 is 39.7 Å². The number of ether oxygens (including phenoxy) is 3. The molecule has 0 unspecified atom stereocenters. The molecule has 0 spiro atoms. The van der Waals surface area contributed by atoms with E-state index in [1.54, 1.807) is 0 Å². The van der Waals surface area contributed by atoms with Crippen molar-refractivity contribution in [2.45, 2.75) is 62.7 Å². The van der Waals surface area contributed by atoms with Crippen molar-refractivity contribution in [3.8, 4) is 11.5 Å². The molecule has 3 aliphatic rings. The monoisotopic (exact) mass is 514 g/mol. The van der Waals surface area contributed by atoms with Crippen LogP contribution in [0.1, 0.15) is 74.1 Å². The zero-order chi connectivity index (χ0) is 27.0. The summed E-state index contributed by atoms with van der Waals surface area (Å²) in [4.78, 5) is 39.8. The summed E-state index contributed by atoms with van der Waals surface area (Å²) in [6, 6.07) is 5.12. The van der Waals surface area contributed by atoms with Crippen molar-refractivity contribution in [2.24, 2.45) is 0 Å². The molecular formula is C26H26O11. The number of carbonyl (C=O) groups is 3. The Kier molecular flexibility index (Phi) is 5.98. The molecule has 2 aromatic rings. The van der Waals surface area contributed by atoms with E-state index in [0.717, 1.165) is 6.07 Å². The van der Waals surface area contributed by atoms with Gasteiger partial charge >= 0.3 is 0 Å². The van der Waals surface area contributed by atoms with Gasteiger partial charge in [0.2, 0.25) is 5.78 Å². The van der Waals surface area contributed by atoms with E-state index in [4.69, 9.17) is 14.2 Å². The van der Waals surface area contributed by atoms with E-state index < -0.39 is 76.8 Å². The van der Waals surface area contributed by atoms with Crippen molar-refractivity contribution in [3.05, 3.63) is 57.6 Å². The molecule has 0 aromatic heterocycles. The zero-order valence-corrected chi connectivity index (χ0v) is 20.2. The van der Waals surface area contributed by atoms with Crippen molar-refractivity contribution >= 4 is 17.3 Å². The highest BCUT2D eigenvalue weighted by Gasteiger charge is 2.50. The smallest absolute Gasteiger partial charge is 0.201 e. The molecule has 1 saturated heterocycles. The van der Waals surface area contributed by atoms with Gasteiger partial charge in [-0.2, -0.15) is 0 Å². The number of aromatic hydroxyl groups is 2. The van der Waals surface area contributed by atoms with Gasteiger partial charge in [0.25, 0.3) is 0 Å². The molecule has 0 saturated carbocycles.